The smallest absolute Gasteiger partial charge is 0.171 e. The Hall–Kier alpha value is -0.990. The molecule has 0 aliphatic heterocycles. The second-order valence-electron chi connectivity index (χ2n) is 9.04. The summed E-state index contributed by atoms with van der Waals surface area (Å²) in [5, 5.41) is 0. The Morgan fingerprint density at radius 3 is 1.89 bits per heavy atom. The van der Waals surface area contributed by atoms with Gasteiger partial charge in [-0.15, -0.1) is 0 Å². The van der Waals surface area contributed by atoms with Gasteiger partial charge >= 0.3 is 6.18 Å². The minimum atomic E-state index is -4.06. The first-order chi connectivity index (χ1) is 12.9. The van der Waals surface area contributed by atoms with Crippen molar-refractivity contribution in [1.29, 1.82) is 0 Å². The van der Waals surface area contributed by atoms with E-state index >= 15 is 0 Å². The fourth-order valence-electron chi connectivity index (χ4n) is 5.52. The summed E-state index contributed by atoms with van der Waals surface area (Å²) in [6, 6.07) is 7.96. The standard InChI is InChI=1S/C24H35F3/c1-2-3-18-4-8-20(9-5-18)22-12-14-23(15-13-22)21-10-6-19(7-11-21)16-17-24(25,26)27/h6-7,10-11,18,20,22-23H,2-5,8-9,12-17H2,1H3/t18-,20-,22-,23-. The highest BCUT2D eigenvalue weighted by atomic mass is 19.4. The summed E-state index contributed by atoms with van der Waals surface area (Å²) in [6.45, 7) is 2.30. The SMILES string of the molecule is CCC[C@H]1CC[C@H]([C@H]2CC[C@H](c3ccc(CCC(F)(F)F)cc3)CC2)CC1. The quantitative estimate of drug-likeness (QED) is 0.468. The Labute approximate surface area is 162 Å². The van der Waals surface area contributed by atoms with Crippen LogP contribution in [0.5, 0.6) is 0 Å². The summed E-state index contributed by atoms with van der Waals surface area (Å²) < 4.78 is 37.1. The fourth-order valence-corrected chi connectivity index (χ4v) is 5.52. The van der Waals surface area contributed by atoms with Gasteiger partial charge < -0.3 is 0 Å². The second kappa shape index (κ2) is 9.47. The van der Waals surface area contributed by atoms with Crippen LogP contribution in [0.1, 0.15) is 94.6 Å². The van der Waals surface area contributed by atoms with Gasteiger partial charge in [-0.05, 0) is 79.7 Å². The number of alkyl halides is 3. The number of halogens is 3. The van der Waals surface area contributed by atoms with E-state index in [2.05, 4.69) is 19.1 Å². The minimum absolute atomic E-state index is 0.0945. The third kappa shape index (κ3) is 6.26. The molecule has 152 valence electrons. The highest BCUT2D eigenvalue weighted by Crippen LogP contribution is 2.44. The first kappa shape index (κ1) is 20.7. The van der Waals surface area contributed by atoms with Gasteiger partial charge in [0.05, 0.1) is 0 Å². The van der Waals surface area contributed by atoms with Crippen LogP contribution in [0.4, 0.5) is 13.2 Å². The van der Waals surface area contributed by atoms with Gasteiger partial charge in [-0.2, -0.15) is 13.2 Å². The number of hydrogen-bond donors (Lipinski definition) is 0. The van der Waals surface area contributed by atoms with Crippen molar-refractivity contribution in [2.45, 2.75) is 96.1 Å². The largest absolute Gasteiger partial charge is 0.389 e. The number of aryl methyl sites for hydroxylation is 1. The van der Waals surface area contributed by atoms with E-state index in [0.29, 0.717) is 5.92 Å². The molecule has 3 rings (SSSR count). The number of benzene rings is 1. The molecule has 0 bridgehead atoms. The second-order valence-corrected chi connectivity index (χ2v) is 9.04. The molecule has 0 N–H and O–H groups in total. The molecular weight excluding hydrogens is 345 g/mol. The van der Waals surface area contributed by atoms with Gasteiger partial charge in [0, 0.05) is 6.42 Å². The zero-order valence-electron chi connectivity index (χ0n) is 16.7. The molecule has 2 fully saturated rings. The van der Waals surface area contributed by atoms with Crippen LogP contribution in [0.3, 0.4) is 0 Å². The maximum Gasteiger partial charge on any atom is 0.389 e. The van der Waals surface area contributed by atoms with Crippen molar-refractivity contribution < 1.29 is 13.2 Å². The van der Waals surface area contributed by atoms with Crippen LogP contribution in [0.25, 0.3) is 0 Å². The minimum Gasteiger partial charge on any atom is -0.171 e. The van der Waals surface area contributed by atoms with Crippen molar-refractivity contribution in [3.8, 4) is 0 Å². The molecule has 0 spiro atoms. The molecule has 3 heteroatoms. The summed E-state index contributed by atoms with van der Waals surface area (Å²) in [6.07, 6.45) is 8.99. The number of hydrogen-bond acceptors (Lipinski definition) is 0. The molecule has 0 nitrogen and oxygen atoms in total. The summed E-state index contributed by atoms with van der Waals surface area (Å²) in [7, 11) is 0. The van der Waals surface area contributed by atoms with Crippen LogP contribution in [0, 0.1) is 17.8 Å². The van der Waals surface area contributed by atoms with Crippen LogP contribution in [-0.4, -0.2) is 6.18 Å². The lowest BCUT2D eigenvalue weighted by Gasteiger charge is -2.38. The molecule has 2 aliphatic carbocycles. The predicted octanol–water partition coefficient (Wildman–Crippen LogP) is 8.06. The molecule has 0 amide bonds. The normalized spacial score (nSPS) is 29.6. The summed E-state index contributed by atoms with van der Waals surface area (Å²) in [5.41, 5.74) is 2.13. The Kier molecular flexibility index (Phi) is 7.28. The van der Waals surface area contributed by atoms with E-state index in [1.807, 2.05) is 12.1 Å². The van der Waals surface area contributed by atoms with E-state index < -0.39 is 12.6 Å². The molecule has 0 heterocycles. The van der Waals surface area contributed by atoms with Gasteiger partial charge in [0.1, 0.15) is 0 Å². The van der Waals surface area contributed by atoms with Crippen LogP contribution in [0.2, 0.25) is 0 Å². The van der Waals surface area contributed by atoms with E-state index in [-0.39, 0.29) is 6.42 Å². The van der Waals surface area contributed by atoms with Crippen LogP contribution in [0.15, 0.2) is 24.3 Å². The first-order valence-electron chi connectivity index (χ1n) is 11.1. The van der Waals surface area contributed by atoms with E-state index in [1.54, 1.807) is 0 Å². The lowest BCUT2D eigenvalue weighted by atomic mass is 9.68. The Balaban J connectivity index is 1.44. The highest BCUT2D eigenvalue weighted by molar-refractivity contribution is 5.26. The molecule has 0 unspecified atom stereocenters. The van der Waals surface area contributed by atoms with E-state index in [4.69, 9.17) is 0 Å². The molecule has 0 radical (unpaired) electrons. The van der Waals surface area contributed by atoms with Gasteiger partial charge in [0.2, 0.25) is 0 Å². The molecule has 2 aliphatic rings. The first-order valence-corrected chi connectivity index (χ1v) is 11.1. The molecule has 27 heavy (non-hydrogen) atoms. The van der Waals surface area contributed by atoms with E-state index in [0.717, 1.165) is 23.3 Å². The van der Waals surface area contributed by atoms with Crippen LogP contribution in [-0.2, 0) is 6.42 Å². The molecule has 1 aromatic rings. The van der Waals surface area contributed by atoms with Gasteiger partial charge in [-0.25, -0.2) is 0 Å². The van der Waals surface area contributed by atoms with Crippen molar-refractivity contribution in [3.63, 3.8) is 0 Å². The number of rotatable bonds is 6. The monoisotopic (exact) mass is 380 g/mol. The maximum absolute atomic E-state index is 12.4. The summed E-state index contributed by atoms with van der Waals surface area (Å²) >= 11 is 0. The van der Waals surface area contributed by atoms with Crippen molar-refractivity contribution in [2.75, 3.05) is 0 Å². The van der Waals surface area contributed by atoms with E-state index in [9.17, 15) is 13.2 Å². The maximum atomic E-state index is 12.4. The average molecular weight is 381 g/mol. The lowest BCUT2D eigenvalue weighted by molar-refractivity contribution is -0.133. The molecular formula is C24H35F3. The van der Waals surface area contributed by atoms with Crippen molar-refractivity contribution in [1.82, 2.24) is 0 Å². The molecule has 0 atom stereocenters. The molecule has 2 saturated carbocycles. The summed E-state index contributed by atoms with van der Waals surface area (Å²) in [5.74, 6) is 3.45. The fraction of sp³-hybridized carbons (Fsp3) is 0.750. The van der Waals surface area contributed by atoms with Gasteiger partial charge in [-0.3, -0.25) is 0 Å². The lowest BCUT2D eigenvalue weighted by Crippen LogP contribution is -2.25. The third-order valence-corrected chi connectivity index (χ3v) is 7.18. The molecule has 0 saturated heterocycles. The van der Waals surface area contributed by atoms with Crippen LogP contribution < -0.4 is 0 Å². The highest BCUT2D eigenvalue weighted by Gasteiger charge is 2.31. The molecule has 1 aromatic carbocycles. The van der Waals surface area contributed by atoms with Gasteiger partial charge in [0.25, 0.3) is 0 Å². The Bertz CT molecular complexity index is 544. The van der Waals surface area contributed by atoms with Gasteiger partial charge in [0.15, 0.2) is 0 Å². The van der Waals surface area contributed by atoms with Gasteiger partial charge in [-0.1, -0.05) is 56.9 Å². The zero-order chi connectivity index (χ0) is 19.3. The third-order valence-electron chi connectivity index (χ3n) is 7.18. The zero-order valence-corrected chi connectivity index (χ0v) is 16.7. The molecule has 0 aromatic heterocycles. The Morgan fingerprint density at radius 1 is 0.815 bits per heavy atom. The van der Waals surface area contributed by atoms with Crippen molar-refractivity contribution in [3.05, 3.63) is 35.4 Å². The topological polar surface area (TPSA) is 0 Å². The Morgan fingerprint density at radius 2 is 1.37 bits per heavy atom. The summed E-state index contributed by atoms with van der Waals surface area (Å²) in [4.78, 5) is 0. The average Bonchev–Trinajstić information content (AvgIpc) is 2.67. The van der Waals surface area contributed by atoms with Crippen LogP contribution >= 0.6 is 0 Å². The van der Waals surface area contributed by atoms with Crippen molar-refractivity contribution >= 4 is 0 Å². The van der Waals surface area contributed by atoms with E-state index in [1.165, 1.54) is 69.8 Å². The van der Waals surface area contributed by atoms with Crippen molar-refractivity contribution in [2.24, 2.45) is 17.8 Å². The predicted molar refractivity (Wildman–Crippen MR) is 106 cm³/mol.